The monoisotopic (exact) mass is 294 g/mol. The van der Waals surface area contributed by atoms with Crippen LogP contribution in [0.15, 0.2) is 6.20 Å². The van der Waals surface area contributed by atoms with Crippen molar-refractivity contribution < 1.29 is 9.90 Å². The van der Waals surface area contributed by atoms with Crippen LogP contribution in [0.5, 0.6) is 0 Å². The first-order valence-corrected chi connectivity index (χ1v) is 8.30. The summed E-state index contributed by atoms with van der Waals surface area (Å²) in [5.74, 6) is 0.422. The van der Waals surface area contributed by atoms with Crippen LogP contribution >= 0.6 is 0 Å². The third-order valence-electron chi connectivity index (χ3n) is 3.98. The number of carboxylic acids is 1. The number of aromatic nitrogens is 2. The van der Waals surface area contributed by atoms with Gasteiger partial charge in [-0.25, -0.2) is 4.98 Å². The van der Waals surface area contributed by atoms with Crippen molar-refractivity contribution in [1.82, 2.24) is 9.55 Å². The summed E-state index contributed by atoms with van der Waals surface area (Å²) in [5, 5.41) is 8.53. The maximum atomic E-state index is 10.4. The van der Waals surface area contributed by atoms with Crippen molar-refractivity contribution in [2.75, 3.05) is 0 Å². The van der Waals surface area contributed by atoms with Crippen LogP contribution < -0.4 is 0 Å². The average Bonchev–Trinajstić information content (AvgIpc) is 2.74. The number of hydrogen-bond acceptors (Lipinski definition) is 2. The van der Waals surface area contributed by atoms with E-state index in [2.05, 4.69) is 15.7 Å². The number of nitrogens with zero attached hydrogens (tertiary/aromatic N) is 2. The quantitative estimate of drug-likeness (QED) is 0.586. The third kappa shape index (κ3) is 8.53. The Hall–Kier alpha value is -1.32. The zero-order chi connectivity index (χ0) is 15.5. The minimum absolute atomic E-state index is 0.326. The van der Waals surface area contributed by atoms with Gasteiger partial charge in [-0.15, -0.1) is 0 Å². The second-order valence-corrected chi connectivity index (χ2v) is 5.97. The molecule has 21 heavy (non-hydrogen) atoms. The largest absolute Gasteiger partial charge is 0.481 e. The van der Waals surface area contributed by atoms with Crippen LogP contribution in [0.2, 0.25) is 0 Å². The average molecular weight is 294 g/mol. The first-order chi connectivity index (χ1) is 10.1. The molecule has 0 saturated heterocycles. The van der Waals surface area contributed by atoms with E-state index in [9.17, 15) is 4.79 Å². The van der Waals surface area contributed by atoms with E-state index in [1.165, 1.54) is 50.6 Å². The highest BCUT2D eigenvalue weighted by Crippen LogP contribution is 2.12. The Morgan fingerprint density at radius 1 is 1.05 bits per heavy atom. The lowest BCUT2D eigenvalue weighted by Gasteiger charge is -2.01. The molecule has 1 N–H and O–H groups in total. The van der Waals surface area contributed by atoms with Crippen LogP contribution in [-0.2, 0) is 18.3 Å². The van der Waals surface area contributed by atoms with Gasteiger partial charge in [-0.2, -0.15) is 0 Å². The fraction of sp³-hybridized carbons (Fsp3) is 0.765. The maximum absolute atomic E-state index is 10.4. The van der Waals surface area contributed by atoms with Crippen LogP contribution in [0.3, 0.4) is 0 Å². The van der Waals surface area contributed by atoms with Gasteiger partial charge in [0.1, 0.15) is 5.82 Å². The van der Waals surface area contributed by atoms with E-state index < -0.39 is 5.97 Å². The lowest BCUT2D eigenvalue weighted by molar-refractivity contribution is -0.137. The second kappa shape index (κ2) is 10.4. The molecule has 1 rings (SSSR count). The Morgan fingerprint density at radius 2 is 1.57 bits per heavy atom. The molecular weight excluding hydrogens is 264 g/mol. The van der Waals surface area contributed by atoms with Crippen LogP contribution in [0.4, 0.5) is 0 Å². The summed E-state index contributed by atoms with van der Waals surface area (Å²) in [5.41, 5.74) is 1.22. The number of aryl methyl sites for hydroxylation is 3. The van der Waals surface area contributed by atoms with Gasteiger partial charge in [0.05, 0.1) is 5.69 Å². The normalized spacial score (nSPS) is 11.0. The molecule has 0 atom stereocenters. The number of carboxylic acid groups (broad SMARTS) is 1. The van der Waals surface area contributed by atoms with Crippen molar-refractivity contribution in [3.8, 4) is 0 Å². The Kier molecular flexibility index (Phi) is 8.79. The Bertz CT molecular complexity index is 393. The molecular formula is C17H30N2O2. The predicted octanol–water partition coefficient (Wildman–Crippen LogP) is 4.26. The van der Waals surface area contributed by atoms with Gasteiger partial charge in [0.15, 0.2) is 0 Å². The van der Waals surface area contributed by atoms with Crippen molar-refractivity contribution in [2.45, 2.75) is 77.6 Å². The molecule has 4 nitrogen and oxygen atoms in total. The van der Waals surface area contributed by atoms with Crippen molar-refractivity contribution in [2.24, 2.45) is 7.05 Å². The van der Waals surface area contributed by atoms with Crippen LogP contribution in [0.1, 0.15) is 75.7 Å². The molecule has 120 valence electrons. The van der Waals surface area contributed by atoms with E-state index in [-0.39, 0.29) is 0 Å². The highest BCUT2D eigenvalue weighted by molar-refractivity contribution is 5.66. The second-order valence-electron chi connectivity index (χ2n) is 5.97. The fourth-order valence-electron chi connectivity index (χ4n) is 2.57. The van der Waals surface area contributed by atoms with E-state index in [0.29, 0.717) is 6.42 Å². The standard InChI is InChI=1S/C17H30N2O2/c1-15-18-16(14-19(15)2)12-10-8-6-4-3-5-7-9-11-13-17(20)21/h14H,3-13H2,1-2H3,(H,20,21). The number of imidazole rings is 1. The van der Waals surface area contributed by atoms with Crippen molar-refractivity contribution in [1.29, 1.82) is 0 Å². The molecule has 1 aromatic rings. The molecule has 4 heteroatoms. The molecule has 0 saturated carbocycles. The summed E-state index contributed by atoms with van der Waals surface area (Å²) in [7, 11) is 2.04. The summed E-state index contributed by atoms with van der Waals surface area (Å²) in [6.07, 6.45) is 14.3. The lowest BCUT2D eigenvalue weighted by Crippen LogP contribution is -1.93. The third-order valence-corrected chi connectivity index (χ3v) is 3.98. The molecule has 0 spiro atoms. The Labute approximate surface area is 128 Å². The van der Waals surface area contributed by atoms with Gasteiger partial charge in [0.25, 0.3) is 0 Å². The van der Waals surface area contributed by atoms with Crippen LogP contribution in [0.25, 0.3) is 0 Å². The number of unbranched alkanes of at least 4 members (excludes halogenated alkanes) is 8. The van der Waals surface area contributed by atoms with Gasteiger partial charge < -0.3 is 9.67 Å². The first-order valence-electron chi connectivity index (χ1n) is 8.30. The number of aliphatic carboxylic acids is 1. The predicted molar refractivity (Wildman–Crippen MR) is 85.5 cm³/mol. The van der Waals surface area contributed by atoms with Crippen LogP contribution in [-0.4, -0.2) is 20.6 Å². The van der Waals surface area contributed by atoms with Gasteiger partial charge >= 0.3 is 5.97 Å². The fourth-order valence-corrected chi connectivity index (χ4v) is 2.57. The minimum atomic E-state index is -0.668. The molecule has 0 unspecified atom stereocenters. The van der Waals surface area contributed by atoms with E-state index >= 15 is 0 Å². The summed E-state index contributed by atoms with van der Waals surface area (Å²) in [6.45, 7) is 2.04. The smallest absolute Gasteiger partial charge is 0.303 e. The van der Waals surface area contributed by atoms with Crippen molar-refractivity contribution in [3.63, 3.8) is 0 Å². The summed E-state index contributed by atoms with van der Waals surface area (Å²) >= 11 is 0. The first kappa shape index (κ1) is 17.7. The molecule has 0 amide bonds. The molecule has 0 aliphatic heterocycles. The SMILES string of the molecule is Cc1nc(CCCCCCCCCCCC(=O)O)cn1C. The summed E-state index contributed by atoms with van der Waals surface area (Å²) in [4.78, 5) is 14.9. The summed E-state index contributed by atoms with van der Waals surface area (Å²) < 4.78 is 2.08. The van der Waals surface area contributed by atoms with Gasteiger partial charge in [0.2, 0.25) is 0 Å². The Balaban J connectivity index is 1.85. The lowest BCUT2D eigenvalue weighted by atomic mass is 10.1. The molecule has 0 aromatic carbocycles. The number of hydrogen-bond donors (Lipinski definition) is 1. The minimum Gasteiger partial charge on any atom is -0.481 e. The Morgan fingerprint density at radius 3 is 2.05 bits per heavy atom. The van der Waals surface area contributed by atoms with E-state index in [0.717, 1.165) is 25.1 Å². The summed E-state index contributed by atoms with van der Waals surface area (Å²) in [6, 6.07) is 0. The molecule has 1 heterocycles. The topological polar surface area (TPSA) is 55.1 Å². The molecule has 0 aliphatic rings. The zero-order valence-corrected chi connectivity index (χ0v) is 13.6. The van der Waals surface area contributed by atoms with Crippen LogP contribution in [0, 0.1) is 6.92 Å². The van der Waals surface area contributed by atoms with Gasteiger partial charge in [0, 0.05) is 19.7 Å². The van der Waals surface area contributed by atoms with Gasteiger partial charge in [-0.3, -0.25) is 4.79 Å². The van der Waals surface area contributed by atoms with E-state index in [4.69, 9.17) is 5.11 Å². The molecule has 0 bridgehead atoms. The highest BCUT2D eigenvalue weighted by Gasteiger charge is 2.01. The molecule has 0 radical (unpaired) electrons. The highest BCUT2D eigenvalue weighted by atomic mass is 16.4. The van der Waals surface area contributed by atoms with E-state index in [1.54, 1.807) is 0 Å². The van der Waals surface area contributed by atoms with Crippen molar-refractivity contribution in [3.05, 3.63) is 17.7 Å². The molecule has 0 aliphatic carbocycles. The van der Waals surface area contributed by atoms with Crippen molar-refractivity contribution >= 4 is 5.97 Å². The maximum Gasteiger partial charge on any atom is 0.303 e. The molecule has 1 aromatic heterocycles. The van der Waals surface area contributed by atoms with E-state index in [1.807, 2.05) is 14.0 Å². The number of rotatable bonds is 12. The van der Waals surface area contributed by atoms with Gasteiger partial charge in [-0.1, -0.05) is 44.9 Å². The molecule has 0 fully saturated rings. The zero-order valence-electron chi connectivity index (χ0n) is 13.6. The van der Waals surface area contributed by atoms with Gasteiger partial charge in [-0.05, 0) is 26.2 Å². The number of carbonyl (C=O) groups is 1.